The number of β-amino-alcohol motifs (C(OH)–C–C–N with tert-alkyl or cyclic N) is 1. The second kappa shape index (κ2) is 5.04. The number of hydrogen-bond donors (Lipinski definition) is 1. The zero-order chi connectivity index (χ0) is 10.6. The Kier molecular flexibility index (Phi) is 4.28. The van der Waals surface area contributed by atoms with E-state index in [1.165, 1.54) is 0 Å². The third-order valence-electron chi connectivity index (χ3n) is 2.50. The van der Waals surface area contributed by atoms with Crippen molar-refractivity contribution in [1.29, 1.82) is 0 Å². The Balaban J connectivity index is 2.20. The van der Waals surface area contributed by atoms with E-state index in [4.69, 9.17) is 14.2 Å². The molecule has 1 N–H and O–H groups in total. The lowest BCUT2D eigenvalue weighted by molar-refractivity contribution is -0.278. The molecule has 0 aliphatic carbocycles. The Bertz CT molecular complexity index is 164. The van der Waals surface area contributed by atoms with Crippen molar-refractivity contribution in [3.05, 3.63) is 0 Å². The van der Waals surface area contributed by atoms with E-state index in [2.05, 4.69) is 4.90 Å². The van der Waals surface area contributed by atoms with Crippen LogP contribution < -0.4 is 0 Å². The number of methoxy groups -OCH3 is 3. The Labute approximate surface area is 84.5 Å². The SMILES string of the molecule is COCC(O)CN1CC(OC)(OC)C1. The molecule has 1 aliphatic heterocycles. The molecule has 84 valence electrons. The Hall–Kier alpha value is -0.200. The fourth-order valence-electron chi connectivity index (χ4n) is 1.65. The van der Waals surface area contributed by atoms with E-state index in [1.54, 1.807) is 21.3 Å². The molecule has 0 bridgehead atoms. The molecular formula is C9H19NO4. The fourth-order valence-corrected chi connectivity index (χ4v) is 1.65. The normalized spacial score (nSPS) is 23.1. The molecule has 0 aromatic rings. The summed E-state index contributed by atoms with van der Waals surface area (Å²) in [6, 6.07) is 0. The summed E-state index contributed by atoms with van der Waals surface area (Å²) in [6.07, 6.45) is -0.438. The van der Waals surface area contributed by atoms with E-state index in [0.717, 1.165) is 0 Å². The maximum atomic E-state index is 9.45. The van der Waals surface area contributed by atoms with E-state index in [1.807, 2.05) is 0 Å². The van der Waals surface area contributed by atoms with Gasteiger partial charge in [0, 0.05) is 27.9 Å². The van der Waals surface area contributed by atoms with Gasteiger partial charge in [0.2, 0.25) is 0 Å². The molecule has 1 heterocycles. The van der Waals surface area contributed by atoms with Gasteiger partial charge in [0.15, 0.2) is 5.79 Å². The van der Waals surface area contributed by atoms with E-state index in [9.17, 15) is 5.11 Å². The smallest absolute Gasteiger partial charge is 0.193 e. The molecule has 0 amide bonds. The van der Waals surface area contributed by atoms with Crippen molar-refractivity contribution in [3.63, 3.8) is 0 Å². The van der Waals surface area contributed by atoms with Crippen molar-refractivity contribution < 1.29 is 19.3 Å². The van der Waals surface area contributed by atoms with Gasteiger partial charge in [-0.05, 0) is 0 Å². The van der Waals surface area contributed by atoms with Crippen LogP contribution in [0.15, 0.2) is 0 Å². The number of nitrogens with zero attached hydrogens (tertiary/aromatic N) is 1. The van der Waals surface area contributed by atoms with Crippen LogP contribution in [-0.4, -0.2) is 69.5 Å². The molecule has 0 radical (unpaired) electrons. The predicted octanol–water partition coefficient (Wildman–Crippen LogP) is -0.702. The van der Waals surface area contributed by atoms with Gasteiger partial charge in [-0.1, -0.05) is 0 Å². The first-order valence-electron chi connectivity index (χ1n) is 4.65. The van der Waals surface area contributed by atoms with Crippen molar-refractivity contribution in [2.45, 2.75) is 11.9 Å². The van der Waals surface area contributed by atoms with Crippen molar-refractivity contribution in [2.24, 2.45) is 0 Å². The average Bonchev–Trinajstić information content (AvgIpc) is 2.11. The van der Waals surface area contributed by atoms with Crippen LogP contribution in [0, 0.1) is 0 Å². The van der Waals surface area contributed by atoms with E-state index < -0.39 is 11.9 Å². The molecule has 1 rings (SSSR count). The van der Waals surface area contributed by atoms with Crippen LogP contribution >= 0.6 is 0 Å². The van der Waals surface area contributed by atoms with Gasteiger partial charge >= 0.3 is 0 Å². The summed E-state index contributed by atoms with van der Waals surface area (Å²) in [5, 5.41) is 9.45. The molecule has 1 saturated heterocycles. The van der Waals surface area contributed by atoms with Gasteiger partial charge in [-0.25, -0.2) is 0 Å². The number of ether oxygens (including phenoxy) is 3. The van der Waals surface area contributed by atoms with Gasteiger partial charge in [-0.3, -0.25) is 4.90 Å². The zero-order valence-corrected chi connectivity index (χ0v) is 9.02. The van der Waals surface area contributed by atoms with Gasteiger partial charge in [-0.2, -0.15) is 0 Å². The standard InChI is InChI=1S/C9H19NO4/c1-12-5-8(11)4-10-6-9(7-10,13-2)14-3/h8,11H,4-7H2,1-3H3. The van der Waals surface area contributed by atoms with E-state index in [0.29, 0.717) is 26.2 Å². The molecule has 1 atom stereocenters. The maximum absolute atomic E-state index is 9.45. The molecule has 0 aromatic heterocycles. The Morgan fingerprint density at radius 3 is 2.29 bits per heavy atom. The Morgan fingerprint density at radius 2 is 1.86 bits per heavy atom. The quantitative estimate of drug-likeness (QED) is 0.581. The number of aliphatic hydroxyl groups is 1. The Morgan fingerprint density at radius 1 is 1.29 bits per heavy atom. The molecular weight excluding hydrogens is 186 g/mol. The lowest BCUT2D eigenvalue weighted by atomic mass is 10.1. The molecule has 1 unspecified atom stereocenters. The minimum atomic E-state index is -0.465. The molecule has 14 heavy (non-hydrogen) atoms. The lowest BCUT2D eigenvalue weighted by Gasteiger charge is -2.48. The molecule has 0 spiro atoms. The largest absolute Gasteiger partial charge is 0.389 e. The molecule has 5 heteroatoms. The van der Waals surface area contributed by atoms with E-state index >= 15 is 0 Å². The summed E-state index contributed by atoms with van der Waals surface area (Å²) in [7, 11) is 4.84. The van der Waals surface area contributed by atoms with Gasteiger partial charge in [0.05, 0.1) is 25.8 Å². The number of hydrogen-bond acceptors (Lipinski definition) is 5. The van der Waals surface area contributed by atoms with Crippen LogP contribution in [-0.2, 0) is 14.2 Å². The average molecular weight is 205 g/mol. The second-order valence-electron chi connectivity index (χ2n) is 3.60. The van der Waals surface area contributed by atoms with Crippen LogP contribution in [0.5, 0.6) is 0 Å². The lowest BCUT2D eigenvalue weighted by Crippen LogP contribution is -2.65. The summed E-state index contributed by atoms with van der Waals surface area (Å²) in [5.74, 6) is -0.465. The summed E-state index contributed by atoms with van der Waals surface area (Å²) < 4.78 is 15.3. The third kappa shape index (κ3) is 2.65. The van der Waals surface area contributed by atoms with Gasteiger partial charge < -0.3 is 19.3 Å². The number of rotatable bonds is 6. The van der Waals surface area contributed by atoms with Crippen molar-refractivity contribution in [1.82, 2.24) is 4.90 Å². The molecule has 5 nitrogen and oxygen atoms in total. The summed E-state index contributed by atoms with van der Waals surface area (Å²) in [6.45, 7) is 2.35. The zero-order valence-electron chi connectivity index (χ0n) is 9.02. The summed E-state index contributed by atoms with van der Waals surface area (Å²) >= 11 is 0. The van der Waals surface area contributed by atoms with Crippen LogP contribution in [0.1, 0.15) is 0 Å². The van der Waals surface area contributed by atoms with Crippen LogP contribution in [0.3, 0.4) is 0 Å². The number of likely N-dealkylation sites (tertiary alicyclic amines) is 1. The number of aliphatic hydroxyl groups excluding tert-OH is 1. The first kappa shape index (κ1) is 11.9. The molecule has 0 saturated carbocycles. The first-order chi connectivity index (χ1) is 6.65. The molecule has 1 aliphatic rings. The van der Waals surface area contributed by atoms with Gasteiger partial charge in [-0.15, -0.1) is 0 Å². The predicted molar refractivity (Wildman–Crippen MR) is 51.1 cm³/mol. The molecule has 0 aromatic carbocycles. The van der Waals surface area contributed by atoms with Gasteiger partial charge in [0.1, 0.15) is 0 Å². The highest BCUT2D eigenvalue weighted by Crippen LogP contribution is 2.24. The van der Waals surface area contributed by atoms with Crippen LogP contribution in [0.2, 0.25) is 0 Å². The third-order valence-corrected chi connectivity index (χ3v) is 2.50. The summed E-state index contributed by atoms with van der Waals surface area (Å²) in [5.41, 5.74) is 0. The minimum Gasteiger partial charge on any atom is -0.389 e. The van der Waals surface area contributed by atoms with Crippen molar-refractivity contribution in [2.75, 3.05) is 47.6 Å². The van der Waals surface area contributed by atoms with Crippen molar-refractivity contribution >= 4 is 0 Å². The highest BCUT2D eigenvalue weighted by Gasteiger charge is 2.43. The highest BCUT2D eigenvalue weighted by atomic mass is 16.7. The van der Waals surface area contributed by atoms with Crippen LogP contribution in [0.25, 0.3) is 0 Å². The fraction of sp³-hybridized carbons (Fsp3) is 1.00. The summed E-state index contributed by atoms with van der Waals surface area (Å²) in [4.78, 5) is 2.07. The van der Waals surface area contributed by atoms with Gasteiger partial charge in [0.25, 0.3) is 0 Å². The maximum Gasteiger partial charge on any atom is 0.193 e. The van der Waals surface area contributed by atoms with Crippen molar-refractivity contribution in [3.8, 4) is 0 Å². The molecule has 1 fully saturated rings. The van der Waals surface area contributed by atoms with E-state index in [-0.39, 0.29) is 0 Å². The van der Waals surface area contributed by atoms with Crippen LogP contribution in [0.4, 0.5) is 0 Å². The highest BCUT2D eigenvalue weighted by molar-refractivity contribution is 4.90. The first-order valence-corrected chi connectivity index (χ1v) is 4.65. The topological polar surface area (TPSA) is 51.2 Å². The minimum absolute atomic E-state index is 0.365. The monoisotopic (exact) mass is 205 g/mol. The second-order valence-corrected chi connectivity index (χ2v) is 3.60.